The van der Waals surface area contributed by atoms with Crippen LogP contribution in [0.3, 0.4) is 0 Å². The molecule has 108 valence electrons. The maximum atomic E-state index is 13.9. The van der Waals surface area contributed by atoms with Gasteiger partial charge in [0.1, 0.15) is 17.2 Å². The molecule has 1 heterocycles. The van der Waals surface area contributed by atoms with Crippen molar-refractivity contribution in [1.29, 1.82) is 0 Å². The lowest BCUT2D eigenvalue weighted by atomic mass is 10.1. The highest BCUT2D eigenvalue weighted by atomic mass is 19.1. The summed E-state index contributed by atoms with van der Waals surface area (Å²) in [7, 11) is 0. The number of aromatic nitrogens is 3. The summed E-state index contributed by atoms with van der Waals surface area (Å²) in [5.74, 6) is -0.282. The number of halogens is 1. The second-order valence-corrected chi connectivity index (χ2v) is 4.66. The van der Waals surface area contributed by atoms with Crippen LogP contribution >= 0.6 is 0 Å². The number of hydrogen-bond acceptors (Lipinski definition) is 3. The van der Waals surface area contributed by atoms with E-state index in [4.69, 9.17) is 0 Å². The summed E-state index contributed by atoms with van der Waals surface area (Å²) < 4.78 is 15.5. The van der Waals surface area contributed by atoms with Crippen LogP contribution in [0.1, 0.15) is 44.6 Å². The van der Waals surface area contributed by atoms with E-state index in [1.807, 2.05) is 6.92 Å². The largest absolute Gasteiger partial charge is 0.309 e. The summed E-state index contributed by atoms with van der Waals surface area (Å²) in [6, 6.07) is 6.81. The average molecular weight is 276 g/mol. The van der Waals surface area contributed by atoms with Crippen LogP contribution in [0.5, 0.6) is 0 Å². The molecule has 1 unspecified atom stereocenters. The van der Waals surface area contributed by atoms with Gasteiger partial charge in [0, 0.05) is 0 Å². The summed E-state index contributed by atoms with van der Waals surface area (Å²) in [5, 5.41) is 11.8. The van der Waals surface area contributed by atoms with Crippen molar-refractivity contribution in [3.05, 3.63) is 41.5 Å². The highest BCUT2D eigenvalue weighted by Crippen LogP contribution is 2.22. The summed E-state index contributed by atoms with van der Waals surface area (Å²) in [6.45, 7) is 7.08. The van der Waals surface area contributed by atoms with Crippen LogP contribution in [-0.2, 0) is 6.42 Å². The van der Waals surface area contributed by atoms with Crippen LogP contribution in [-0.4, -0.2) is 21.5 Å². The van der Waals surface area contributed by atoms with E-state index >= 15 is 0 Å². The van der Waals surface area contributed by atoms with Crippen LogP contribution in [0, 0.1) is 5.82 Å². The van der Waals surface area contributed by atoms with Crippen LogP contribution in [0.2, 0.25) is 0 Å². The third kappa shape index (κ3) is 2.72. The minimum atomic E-state index is -0.282. The molecule has 5 heteroatoms. The smallest absolute Gasteiger partial charge is 0.148 e. The van der Waals surface area contributed by atoms with Crippen LogP contribution in [0.4, 0.5) is 4.39 Å². The lowest BCUT2D eigenvalue weighted by molar-refractivity contribution is 0.520. The van der Waals surface area contributed by atoms with Gasteiger partial charge in [-0.1, -0.05) is 38.1 Å². The Kier molecular flexibility index (Phi) is 4.84. The first-order chi connectivity index (χ1) is 9.72. The molecule has 2 aromatic rings. The number of hydrogen-bond donors (Lipinski definition) is 1. The van der Waals surface area contributed by atoms with E-state index in [-0.39, 0.29) is 11.9 Å². The van der Waals surface area contributed by atoms with E-state index in [0.29, 0.717) is 5.69 Å². The SMILES string of the molecule is CCNC(CC)c1nnn(-c2ccccc2F)c1CC. The molecule has 20 heavy (non-hydrogen) atoms. The number of para-hydroxylation sites is 1. The molecule has 1 atom stereocenters. The molecule has 0 aliphatic rings. The molecule has 0 amide bonds. The first-order valence-electron chi connectivity index (χ1n) is 7.15. The zero-order chi connectivity index (χ0) is 14.5. The maximum absolute atomic E-state index is 13.9. The third-order valence-electron chi connectivity index (χ3n) is 3.40. The van der Waals surface area contributed by atoms with Gasteiger partial charge in [-0.05, 0) is 31.5 Å². The Bertz CT molecular complexity index is 565. The second-order valence-electron chi connectivity index (χ2n) is 4.66. The molecule has 1 aromatic carbocycles. The maximum Gasteiger partial charge on any atom is 0.148 e. The summed E-state index contributed by atoms with van der Waals surface area (Å²) >= 11 is 0. The number of rotatable bonds is 6. The van der Waals surface area contributed by atoms with Gasteiger partial charge in [0.2, 0.25) is 0 Å². The van der Waals surface area contributed by atoms with Gasteiger partial charge in [0.25, 0.3) is 0 Å². The Balaban J connectivity index is 2.47. The lowest BCUT2D eigenvalue weighted by Gasteiger charge is -2.15. The predicted molar refractivity (Wildman–Crippen MR) is 77.4 cm³/mol. The van der Waals surface area contributed by atoms with E-state index in [1.165, 1.54) is 6.07 Å². The number of benzene rings is 1. The van der Waals surface area contributed by atoms with Gasteiger partial charge >= 0.3 is 0 Å². The quantitative estimate of drug-likeness (QED) is 0.882. The molecule has 0 fully saturated rings. The fourth-order valence-corrected chi connectivity index (χ4v) is 2.41. The summed E-state index contributed by atoms with van der Waals surface area (Å²) in [5.41, 5.74) is 2.33. The first-order valence-corrected chi connectivity index (χ1v) is 7.15. The van der Waals surface area contributed by atoms with Crippen molar-refractivity contribution < 1.29 is 4.39 Å². The predicted octanol–water partition coefficient (Wildman–Crippen LogP) is 3.03. The molecule has 1 aromatic heterocycles. The van der Waals surface area contributed by atoms with Gasteiger partial charge in [-0.2, -0.15) is 0 Å². The lowest BCUT2D eigenvalue weighted by Crippen LogP contribution is -2.22. The van der Waals surface area contributed by atoms with Crippen molar-refractivity contribution in [3.8, 4) is 5.69 Å². The fourth-order valence-electron chi connectivity index (χ4n) is 2.41. The Labute approximate surface area is 119 Å². The molecule has 4 nitrogen and oxygen atoms in total. The first kappa shape index (κ1) is 14.7. The van der Waals surface area contributed by atoms with E-state index in [9.17, 15) is 4.39 Å². The van der Waals surface area contributed by atoms with Crippen molar-refractivity contribution in [3.63, 3.8) is 0 Å². The molecule has 2 rings (SSSR count). The minimum Gasteiger partial charge on any atom is -0.309 e. The molecule has 0 saturated heterocycles. The van der Waals surface area contributed by atoms with E-state index in [0.717, 1.165) is 30.8 Å². The zero-order valence-electron chi connectivity index (χ0n) is 12.2. The van der Waals surface area contributed by atoms with E-state index in [1.54, 1.807) is 22.9 Å². The van der Waals surface area contributed by atoms with Gasteiger partial charge in [0.05, 0.1) is 11.7 Å². The topological polar surface area (TPSA) is 42.7 Å². The van der Waals surface area contributed by atoms with Crippen molar-refractivity contribution in [2.24, 2.45) is 0 Å². The van der Waals surface area contributed by atoms with Crippen molar-refractivity contribution >= 4 is 0 Å². The highest BCUT2D eigenvalue weighted by Gasteiger charge is 2.20. The number of nitrogens with one attached hydrogen (secondary N) is 1. The van der Waals surface area contributed by atoms with Crippen LogP contribution < -0.4 is 5.32 Å². The minimum absolute atomic E-state index is 0.162. The fraction of sp³-hybridized carbons (Fsp3) is 0.467. The molecule has 0 spiro atoms. The normalized spacial score (nSPS) is 12.6. The Morgan fingerprint density at radius 1 is 1.25 bits per heavy atom. The summed E-state index contributed by atoms with van der Waals surface area (Å²) in [4.78, 5) is 0. The third-order valence-corrected chi connectivity index (χ3v) is 3.40. The van der Waals surface area contributed by atoms with Gasteiger partial charge < -0.3 is 5.32 Å². The van der Waals surface area contributed by atoms with Crippen molar-refractivity contribution in [2.45, 2.75) is 39.7 Å². The van der Waals surface area contributed by atoms with Gasteiger partial charge in [-0.25, -0.2) is 9.07 Å². The molecule has 0 aliphatic heterocycles. The Hall–Kier alpha value is -1.75. The van der Waals surface area contributed by atoms with Crippen molar-refractivity contribution in [2.75, 3.05) is 6.54 Å². The molecule has 0 saturated carbocycles. The number of nitrogens with zero attached hydrogens (tertiary/aromatic N) is 3. The van der Waals surface area contributed by atoms with Crippen LogP contribution in [0.15, 0.2) is 24.3 Å². The Morgan fingerprint density at radius 3 is 2.60 bits per heavy atom. The molecule has 0 aliphatic carbocycles. The zero-order valence-corrected chi connectivity index (χ0v) is 12.2. The second kappa shape index (κ2) is 6.61. The van der Waals surface area contributed by atoms with E-state index < -0.39 is 0 Å². The standard InChI is InChI=1S/C15H21FN4/c1-4-12(17-6-3)15-13(5-2)20(19-18-15)14-10-8-7-9-11(14)16/h7-10,12,17H,4-6H2,1-3H3. The molecule has 1 N–H and O–H groups in total. The molecule has 0 radical (unpaired) electrons. The molecule has 0 bridgehead atoms. The average Bonchev–Trinajstić information content (AvgIpc) is 2.88. The van der Waals surface area contributed by atoms with Gasteiger partial charge in [-0.15, -0.1) is 5.10 Å². The Morgan fingerprint density at radius 2 is 2.00 bits per heavy atom. The summed E-state index contributed by atoms with van der Waals surface area (Å²) in [6.07, 6.45) is 1.69. The van der Waals surface area contributed by atoms with Crippen LogP contribution in [0.25, 0.3) is 5.69 Å². The van der Waals surface area contributed by atoms with Gasteiger partial charge in [-0.3, -0.25) is 0 Å². The molecular formula is C15H21FN4. The van der Waals surface area contributed by atoms with E-state index in [2.05, 4.69) is 29.5 Å². The molecular weight excluding hydrogens is 255 g/mol. The van der Waals surface area contributed by atoms with Gasteiger partial charge in [0.15, 0.2) is 0 Å². The monoisotopic (exact) mass is 276 g/mol. The highest BCUT2D eigenvalue weighted by molar-refractivity contribution is 5.35. The van der Waals surface area contributed by atoms with Crippen molar-refractivity contribution in [1.82, 2.24) is 20.3 Å².